The number of hydrogen-bond acceptors (Lipinski definition) is 2. The highest BCUT2D eigenvalue weighted by molar-refractivity contribution is 5.53. The average Bonchev–Trinajstić information content (AvgIpc) is 2.07. The summed E-state index contributed by atoms with van der Waals surface area (Å²) in [6.07, 6.45) is 3.74. The quantitative estimate of drug-likeness (QED) is 0.696. The maximum Gasteiger partial charge on any atom is 0.119 e. The third-order valence-corrected chi connectivity index (χ3v) is 1.68. The summed E-state index contributed by atoms with van der Waals surface area (Å²) >= 11 is 0. The monoisotopic (exact) mass is 163 g/mol. The fourth-order valence-corrected chi connectivity index (χ4v) is 0.934. The molecule has 2 heteroatoms. The molecule has 0 aliphatic heterocycles. The summed E-state index contributed by atoms with van der Waals surface area (Å²) in [5, 5.41) is 9.33. The summed E-state index contributed by atoms with van der Waals surface area (Å²) in [7, 11) is 0. The third kappa shape index (κ3) is 2.10. The first-order valence-electron chi connectivity index (χ1n) is 3.90. The van der Waals surface area contributed by atoms with Crippen LogP contribution in [0.5, 0.6) is 5.75 Å². The molecule has 0 bridgehead atoms. The second kappa shape index (κ2) is 3.93. The van der Waals surface area contributed by atoms with Gasteiger partial charge in [0.15, 0.2) is 0 Å². The Labute approximate surface area is 72.3 Å². The molecule has 0 saturated heterocycles. The van der Waals surface area contributed by atoms with Crippen LogP contribution in [0.15, 0.2) is 24.3 Å². The maximum atomic E-state index is 9.33. The van der Waals surface area contributed by atoms with Crippen LogP contribution in [0.4, 0.5) is 0 Å². The van der Waals surface area contributed by atoms with Gasteiger partial charge in [-0.3, -0.25) is 0 Å². The summed E-state index contributed by atoms with van der Waals surface area (Å²) in [4.78, 5) is 0. The molecule has 0 aromatic heterocycles. The van der Waals surface area contributed by atoms with E-state index in [2.05, 4.69) is 0 Å². The lowest BCUT2D eigenvalue weighted by Gasteiger charge is -1.98. The van der Waals surface area contributed by atoms with E-state index in [0.29, 0.717) is 12.3 Å². The van der Waals surface area contributed by atoms with Gasteiger partial charge < -0.3 is 10.8 Å². The molecule has 0 saturated carbocycles. The van der Waals surface area contributed by atoms with Gasteiger partial charge in [-0.15, -0.1) is 0 Å². The van der Waals surface area contributed by atoms with E-state index in [-0.39, 0.29) is 0 Å². The molecule has 3 N–H and O–H groups in total. The zero-order valence-corrected chi connectivity index (χ0v) is 7.12. The third-order valence-electron chi connectivity index (χ3n) is 1.68. The van der Waals surface area contributed by atoms with Crippen molar-refractivity contribution in [1.82, 2.24) is 0 Å². The molecular weight excluding hydrogens is 150 g/mol. The lowest BCUT2D eigenvalue weighted by Crippen LogP contribution is -1.91. The minimum Gasteiger partial charge on any atom is -0.508 e. The zero-order valence-electron chi connectivity index (χ0n) is 7.12. The molecule has 0 aliphatic carbocycles. The fourth-order valence-electron chi connectivity index (χ4n) is 0.934. The van der Waals surface area contributed by atoms with Gasteiger partial charge in [-0.25, -0.2) is 0 Å². The number of benzene rings is 1. The smallest absolute Gasteiger partial charge is 0.119 e. The first-order valence-corrected chi connectivity index (χ1v) is 3.90. The zero-order chi connectivity index (χ0) is 8.97. The van der Waals surface area contributed by atoms with E-state index in [1.54, 1.807) is 6.07 Å². The summed E-state index contributed by atoms with van der Waals surface area (Å²) < 4.78 is 0. The Hall–Kier alpha value is -1.28. The maximum absolute atomic E-state index is 9.33. The minimum absolute atomic E-state index is 0.328. The largest absolute Gasteiger partial charge is 0.508 e. The minimum atomic E-state index is 0.328. The van der Waals surface area contributed by atoms with Crippen molar-refractivity contribution >= 4 is 6.08 Å². The van der Waals surface area contributed by atoms with E-state index >= 15 is 0 Å². The Morgan fingerprint density at radius 3 is 2.83 bits per heavy atom. The van der Waals surface area contributed by atoms with Gasteiger partial charge >= 0.3 is 0 Å². The molecule has 0 atom stereocenters. The number of phenolic OH excluding ortho intramolecular Hbond substituents is 1. The Kier molecular flexibility index (Phi) is 2.88. The lowest BCUT2D eigenvalue weighted by atomic mass is 10.1. The number of aromatic hydroxyl groups is 1. The molecule has 64 valence electrons. The second-order valence-electron chi connectivity index (χ2n) is 2.68. The Bertz CT molecular complexity index is 292. The second-order valence-corrected chi connectivity index (χ2v) is 2.68. The molecule has 0 spiro atoms. The van der Waals surface area contributed by atoms with Gasteiger partial charge in [0.25, 0.3) is 0 Å². The molecule has 1 aromatic rings. The van der Waals surface area contributed by atoms with Crippen LogP contribution in [0, 0.1) is 6.92 Å². The molecule has 0 amide bonds. The van der Waals surface area contributed by atoms with E-state index in [4.69, 9.17) is 5.73 Å². The van der Waals surface area contributed by atoms with Gasteiger partial charge in [-0.05, 0) is 24.1 Å². The topological polar surface area (TPSA) is 46.2 Å². The molecule has 0 unspecified atom stereocenters. The van der Waals surface area contributed by atoms with Gasteiger partial charge in [0.2, 0.25) is 0 Å². The van der Waals surface area contributed by atoms with Gasteiger partial charge in [0.05, 0.1) is 0 Å². The standard InChI is InChI=1S/C10H13NO/c1-8-4-5-9(3-2-6-11)7-10(8)12/h2-5,7,12H,6,11H2,1H3/b3-2+. The Morgan fingerprint density at radius 1 is 1.50 bits per heavy atom. The highest BCUT2D eigenvalue weighted by Gasteiger charge is 1.94. The van der Waals surface area contributed by atoms with Crippen LogP contribution in [-0.2, 0) is 0 Å². The lowest BCUT2D eigenvalue weighted by molar-refractivity contribution is 0.471. The van der Waals surface area contributed by atoms with Gasteiger partial charge in [-0.1, -0.05) is 24.3 Å². The highest BCUT2D eigenvalue weighted by atomic mass is 16.3. The summed E-state index contributed by atoms with van der Waals surface area (Å²) in [6.45, 7) is 2.39. The molecule has 0 radical (unpaired) electrons. The van der Waals surface area contributed by atoms with Gasteiger partial charge in [-0.2, -0.15) is 0 Å². The van der Waals surface area contributed by atoms with Crippen LogP contribution in [0.25, 0.3) is 6.08 Å². The molecule has 0 fully saturated rings. The number of hydrogen-bond donors (Lipinski definition) is 2. The fraction of sp³-hybridized carbons (Fsp3) is 0.200. The van der Waals surface area contributed by atoms with Crippen LogP contribution in [-0.4, -0.2) is 11.7 Å². The molecule has 1 rings (SSSR count). The van der Waals surface area contributed by atoms with Crippen LogP contribution in [0.1, 0.15) is 11.1 Å². The predicted octanol–water partition coefficient (Wildman–Crippen LogP) is 1.67. The van der Waals surface area contributed by atoms with Crippen molar-refractivity contribution in [2.45, 2.75) is 6.92 Å². The van der Waals surface area contributed by atoms with Crippen molar-refractivity contribution in [2.75, 3.05) is 6.54 Å². The first-order chi connectivity index (χ1) is 5.74. The van der Waals surface area contributed by atoms with Gasteiger partial charge in [0, 0.05) is 6.54 Å². The Morgan fingerprint density at radius 2 is 2.25 bits per heavy atom. The van der Waals surface area contributed by atoms with E-state index < -0.39 is 0 Å². The van der Waals surface area contributed by atoms with Crippen LogP contribution in [0.3, 0.4) is 0 Å². The van der Waals surface area contributed by atoms with E-state index in [1.165, 1.54) is 0 Å². The SMILES string of the molecule is Cc1ccc(/C=C/CN)cc1O. The summed E-state index contributed by atoms with van der Waals surface area (Å²) in [6, 6.07) is 5.55. The highest BCUT2D eigenvalue weighted by Crippen LogP contribution is 2.17. The molecule has 12 heavy (non-hydrogen) atoms. The average molecular weight is 163 g/mol. The summed E-state index contributed by atoms with van der Waals surface area (Å²) in [5.74, 6) is 0.328. The summed E-state index contributed by atoms with van der Waals surface area (Å²) in [5.41, 5.74) is 7.16. The number of rotatable bonds is 2. The molecular formula is C10H13NO. The number of aryl methyl sites for hydroxylation is 1. The van der Waals surface area contributed by atoms with Crippen molar-refractivity contribution in [3.8, 4) is 5.75 Å². The van der Waals surface area contributed by atoms with Crippen LogP contribution >= 0.6 is 0 Å². The van der Waals surface area contributed by atoms with Crippen molar-refractivity contribution in [3.05, 3.63) is 35.4 Å². The van der Waals surface area contributed by atoms with Crippen molar-refractivity contribution in [2.24, 2.45) is 5.73 Å². The van der Waals surface area contributed by atoms with Crippen LogP contribution < -0.4 is 5.73 Å². The number of phenols is 1. The molecule has 1 aromatic carbocycles. The predicted molar refractivity (Wildman–Crippen MR) is 50.9 cm³/mol. The normalized spacial score (nSPS) is 10.8. The van der Waals surface area contributed by atoms with E-state index in [0.717, 1.165) is 11.1 Å². The Balaban J connectivity index is 2.89. The van der Waals surface area contributed by atoms with Crippen LogP contribution in [0.2, 0.25) is 0 Å². The number of nitrogens with two attached hydrogens (primary N) is 1. The van der Waals surface area contributed by atoms with E-state index in [9.17, 15) is 5.11 Å². The molecule has 2 nitrogen and oxygen atoms in total. The molecule has 0 aliphatic rings. The molecule has 0 heterocycles. The van der Waals surface area contributed by atoms with Crippen molar-refractivity contribution in [3.63, 3.8) is 0 Å². The first kappa shape index (κ1) is 8.81. The van der Waals surface area contributed by atoms with E-state index in [1.807, 2.05) is 31.2 Å². The van der Waals surface area contributed by atoms with Crippen molar-refractivity contribution < 1.29 is 5.11 Å². The van der Waals surface area contributed by atoms with Crippen molar-refractivity contribution in [1.29, 1.82) is 0 Å². The van der Waals surface area contributed by atoms with Gasteiger partial charge in [0.1, 0.15) is 5.75 Å².